The summed E-state index contributed by atoms with van der Waals surface area (Å²) in [5, 5.41) is 5.07. The van der Waals surface area contributed by atoms with Crippen LogP contribution >= 0.6 is 15.9 Å². The van der Waals surface area contributed by atoms with Crippen LogP contribution in [0.4, 0.5) is 0 Å². The largest absolute Gasteiger partial charge is 0.490 e. The van der Waals surface area contributed by atoms with Crippen LogP contribution in [0.15, 0.2) is 81.1 Å². The molecule has 0 unspecified atom stereocenters. The van der Waals surface area contributed by atoms with Crippen LogP contribution in [0.25, 0.3) is 22.3 Å². The van der Waals surface area contributed by atoms with Crippen molar-refractivity contribution in [3.8, 4) is 22.9 Å². The molecule has 0 fully saturated rings. The molecule has 0 aliphatic carbocycles. The Balaban J connectivity index is 1.83. The van der Waals surface area contributed by atoms with Crippen molar-refractivity contribution in [2.75, 3.05) is 6.61 Å². The lowest BCUT2D eigenvalue weighted by Crippen LogP contribution is -2.20. The van der Waals surface area contributed by atoms with Gasteiger partial charge in [0.25, 0.3) is 5.56 Å². The first kappa shape index (κ1) is 23.7. The third kappa shape index (κ3) is 5.04. The summed E-state index contributed by atoms with van der Waals surface area (Å²) in [6, 6.07) is 20.6. The number of benzene rings is 3. The predicted molar refractivity (Wildman–Crippen MR) is 140 cm³/mol. The standard InChI is InChI=1S/C27H26BrN3O3/c1-4-18(3)34-25-16-22(28)20(15-24(25)33-5-2)17-29-31-26(19-11-7-6-8-12-19)30-23-14-10-9-13-21(23)27(31)32/h6-18H,4-5H2,1-3H3/t18-/m0/s1. The summed E-state index contributed by atoms with van der Waals surface area (Å²) in [6.45, 7) is 6.51. The van der Waals surface area contributed by atoms with E-state index < -0.39 is 0 Å². The average molecular weight is 520 g/mol. The molecule has 4 aromatic rings. The topological polar surface area (TPSA) is 65.7 Å². The van der Waals surface area contributed by atoms with Crippen molar-refractivity contribution in [2.24, 2.45) is 5.10 Å². The maximum Gasteiger partial charge on any atom is 0.282 e. The van der Waals surface area contributed by atoms with Crippen LogP contribution in [0.3, 0.4) is 0 Å². The summed E-state index contributed by atoms with van der Waals surface area (Å²) in [5.74, 6) is 1.76. The van der Waals surface area contributed by atoms with Gasteiger partial charge in [0, 0.05) is 15.6 Å². The molecular formula is C27H26BrN3O3. The van der Waals surface area contributed by atoms with Crippen molar-refractivity contribution >= 4 is 33.0 Å². The second-order valence-electron chi connectivity index (χ2n) is 7.77. The van der Waals surface area contributed by atoms with Gasteiger partial charge in [-0.3, -0.25) is 4.79 Å². The Hall–Kier alpha value is -3.45. The van der Waals surface area contributed by atoms with Crippen LogP contribution in [0.5, 0.6) is 11.5 Å². The summed E-state index contributed by atoms with van der Waals surface area (Å²) in [5.41, 5.74) is 1.94. The van der Waals surface area contributed by atoms with Crippen molar-refractivity contribution in [3.05, 3.63) is 87.1 Å². The van der Waals surface area contributed by atoms with Gasteiger partial charge in [0.2, 0.25) is 0 Å². The highest BCUT2D eigenvalue weighted by Crippen LogP contribution is 2.34. The van der Waals surface area contributed by atoms with Gasteiger partial charge < -0.3 is 9.47 Å². The van der Waals surface area contributed by atoms with Gasteiger partial charge in [-0.15, -0.1) is 0 Å². The van der Waals surface area contributed by atoms with Gasteiger partial charge >= 0.3 is 0 Å². The van der Waals surface area contributed by atoms with Gasteiger partial charge in [-0.2, -0.15) is 9.78 Å². The molecule has 0 amide bonds. The Morgan fingerprint density at radius 1 is 1.06 bits per heavy atom. The fourth-order valence-electron chi connectivity index (χ4n) is 3.44. The summed E-state index contributed by atoms with van der Waals surface area (Å²) < 4.78 is 14.0. The minimum Gasteiger partial charge on any atom is -0.490 e. The number of aromatic nitrogens is 2. The van der Waals surface area contributed by atoms with E-state index in [4.69, 9.17) is 14.5 Å². The maximum absolute atomic E-state index is 13.4. The van der Waals surface area contributed by atoms with Crippen molar-refractivity contribution in [1.82, 2.24) is 9.66 Å². The Morgan fingerprint density at radius 2 is 1.79 bits per heavy atom. The molecule has 0 spiro atoms. The molecule has 7 heteroatoms. The highest BCUT2D eigenvalue weighted by atomic mass is 79.9. The molecular weight excluding hydrogens is 494 g/mol. The molecule has 0 N–H and O–H groups in total. The van der Waals surface area contributed by atoms with Gasteiger partial charge in [0.05, 0.1) is 29.8 Å². The first-order chi connectivity index (χ1) is 16.5. The number of hydrogen-bond acceptors (Lipinski definition) is 5. The minimum absolute atomic E-state index is 0.0568. The molecule has 0 saturated heterocycles. The van der Waals surface area contributed by atoms with E-state index in [-0.39, 0.29) is 11.7 Å². The molecule has 6 nitrogen and oxygen atoms in total. The number of ether oxygens (including phenoxy) is 2. The molecule has 174 valence electrons. The van der Waals surface area contributed by atoms with Crippen molar-refractivity contribution < 1.29 is 9.47 Å². The first-order valence-corrected chi connectivity index (χ1v) is 12.1. The molecule has 0 saturated carbocycles. The van der Waals surface area contributed by atoms with E-state index in [0.717, 1.165) is 22.0 Å². The summed E-state index contributed by atoms with van der Waals surface area (Å²) in [7, 11) is 0. The number of fused-ring (bicyclic) bond motifs is 1. The number of rotatable bonds is 8. The van der Waals surface area contributed by atoms with E-state index in [9.17, 15) is 4.79 Å². The molecule has 1 aromatic heterocycles. The second kappa shape index (κ2) is 10.7. The van der Waals surface area contributed by atoms with Gasteiger partial charge in [-0.05, 0) is 60.5 Å². The zero-order valence-electron chi connectivity index (χ0n) is 19.4. The molecule has 0 bridgehead atoms. The fraction of sp³-hybridized carbons (Fsp3) is 0.222. The number of halogens is 1. The fourth-order valence-corrected chi connectivity index (χ4v) is 3.86. The Labute approximate surface area is 207 Å². The zero-order valence-corrected chi connectivity index (χ0v) is 21.0. The summed E-state index contributed by atoms with van der Waals surface area (Å²) in [4.78, 5) is 18.1. The molecule has 34 heavy (non-hydrogen) atoms. The Bertz CT molecular complexity index is 1380. The average Bonchev–Trinajstić information content (AvgIpc) is 2.86. The number of hydrogen-bond donors (Lipinski definition) is 0. The lowest BCUT2D eigenvalue weighted by Gasteiger charge is -2.17. The van der Waals surface area contributed by atoms with E-state index >= 15 is 0 Å². The third-order valence-corrected chi connectivity index (χ3v) is 6.05. The highest BCUT2D eigenvalue weighted by molar-refractivity contribution is 9.10. The Morgan fingerprint density at radius 3 is 2.53 bits per heavy atom. The van der Waals surface area contributed by atoms with E-state index in [1.165, 1.54) is 4.68 Å². The van der Waals surface area contributed by atoms with Gasteiger partial charge in [-0.25, -0.2) is 4.98 Å². The van der Waals surface area contributed by atoms with Crippen molar-refractivity contribution in [1.29, 1.82) is 0 Å². The predicted octanol–water partition coefficient (Wildman–Crippen LogP) is 6.28. The molecule has 0 aliphatic rings. The van der Waals surface area contributed by atoms with Gasteiger partial charge in [0.15, 0.2) is 17.3 Å². The SMILES string of the molecule is CCOc1cc(C=Nn2c(-c3ccccc3)nc3ccccc3c2=O)c(Br)cc1O[C@@H](C)CC. The van der Waals surface area contributed by atoms with Crippen LogP contribution in [0.1, 0.15) is 32.8 Å². The molecule has 3 aromatic carbocycles. The van der Waals surface area contributed by atoms with Crippen LogP contribution < -0.4 is 15.0 Å². The van der Waals surface area contributed by atoms with Crippen LogP contribution in [-0.2, 0) is 0 Å². The zero-order chi connectivity index (χ0) is 24.1. The minimum atomic E-state index is -0.237. The van der Waals surface area contributed by atoms with Crippen molar-refractivity contribution in [2.45, 2.75) is 33.3 Å². The molecule has 1 atom stereocenters. The van der Waals surface area contributed by atoms with Gasteiger partial charge in [-0.1, -0.05) is 49.4 Å². The second-order valence-corrected chi connectivity index (χ2v) is 8.62. The molecule has 1 heterocycles. The van der Waals surface area contributed by atoms with E-state index in [0.29, 0.717) is 34.8 Å². The lowest BCUT2D eigenvalue weighted by molar-refractivity contribution is 0.203. The van der Waals surface area contributed by atoms with E-state index in [2.05, 4.69) is 28.0 Å². The highest BCUT2D eigenvalue weighted by Gasteiger charge is 2.14. The third-order valence-electron chi connectivity index (χ3n) is 5.36. The quantitative estimate of drug-likeness (QED) is 0.257. The molecule has 4 rings (SSSR count). The summed E-state index contributed by atoms with van der Waals surface area (Å²) >= 11 is 3.61. The van der Waals surface area contributed by atoms with Crippen LogP contribution in [0.2, 0.25) is 0 Å². The van der Waals surface area contributed by atoms with Crippen LogP contribution in [-0.4, -0.2) is 28.6 Å². The van der Waals surface area contributed by atoms with Crippen molar-refractivity contribution in [3.63, 3.8) is 0 Å². The van der Waals surface area contributed by atoms with Crippen LogP contribution in [0, 0.1) is 0 Å². The van der Waals surface area contributed by atoms with E-state index in [1.807, 2.05) is 74.5 Å². The Kier molecular flexibility index (Phi) is 7.43. The lowest BCUT2D eigenvalue weighted by atomic mass is 10.2. The maximum atomic E-state index is 13.4. The normalized spacial score (nSPS) is 12.2. The van der Waals surface area contributed by atoms with E-state index in [1.54, 1.807) is 12.3 Å². The molecule has 0 radical (unpaired) electrons. The smallest absolute Gasteiger partial charge is 0.282 e. The number of para-hydroxylation sites is 1. The first-order valence-electron chi connectivity index (χ1n) is 11.3. The summed E-state index contributed by atoms with van der Waals surface area (Å²) in [6.07, 6.45) is 2.57. The number of nitrogens with zero attached hydrogens (tertiary/aromatic N) is 3. The van der Waals surface area contributed by atoms with Gasteiger partial charge in [0.1, 0.15) is 0 Å². The molecule has 0 aliphatic heterocycles. The monoisotopic (exact) mass is 519 g/mol.